The van der Waals surface area contributed by atoms with Crippen molar-refractivity contribution in [3.05, 3.63) is 30.1 Å². The number of nitrogens with zero attached hydrogens (tertiary/aromatic N) is 5. The van der Waals surface area contributed by atoms with Crippen LogP contribution in [-0.2, 0) is 6.42 Å². The van der Waals surface area contributed by atoms with E-state index in [4.69, 9.17) is 10.5 Å². The highest BCUT2D eigenvalue weighted by molar-refractivity contribution is 7.80. The highest BCUT2D eigenvalue weighted by atomic mass is 32.1. The van der Waals surface area contributed by atoms with Crippen molar-refractivity contribution in [1.29, 1.82) is 0 Å². The van der Waals surface area contributed by atoms with E-state index >= 15 is 0 Å². The number of benzene rings is 1. The minimum atomic E-state index is 0.107. The molecule has 0 saturated carbocycles. The molecule has 0 amide bonds. The van der Waals surface area contributed by atoms with E-state index in [2.05, 4.69) is 38.3 Å². The molecule has 1 aromatic carbocycles. The molecule has 0 aliphatic rings. The van der Waals surface area contributed by atoms with Gasteiger partial charge >= 0.3 is 0 Å². The van der Waals surface area contributed by atoms with Crippen molar-refractivity contribution in [2.24, 2.45) is 10.8 Å². The standard InChI is InChI=1S/C11H13N7OS/c1-19-9-4-2-8(3-5-9)18-10(14-16-17-18)6-7-13-15-11(12)20/h2-5,7H,6H2,1H3,(H3,12,15,20). The van der Waals surface area contributed by atoms with Crippen molar-refractivity contribution in [2.45, 2.75) is 6.42 Å². The fourth-order valence-corrected chi connectivity index (χ4v) is 1.55. The van der Waals surface area contributed by atoms with Gasteiger partial charge in [0.05, 0.1) is 12.8 Å². The van der Waals surface area contributed by atoms with Gasteiger partial charge in [-0.1, -0.05) is 0 Å². The molecule has 20 heavy (non-hydrogen) atoms. The van der Waals surface area contributed by atoms with Crippen molar-refractivity contribution in [1.82, 2.24) is 25.6 Å². The lowest BCUT2D eigenvalue weighted by Crippen LogP contribution is -2.24. The number of hydrogen-bond donors (Lipinski definition) is 2. The minimum absolute atomic E-state index is 0.107. The van der Waals surface area contributed by atoms with E-state index in [1.54, 1.807) is 18.0 Å². The summed E-state index contributed by atoms with van der Waals surface area (Å²) in [5.41, 5.74) is 8.55. The maximum Gasteiger partial charge on any atom is 0.184 e. The van der Waals surface area contributed by atoms with Gasteiger partial charge in [-0.05, 0) is 46.9 Å². The molecule has 0 bridgehead atoms. The normalized spacial score (nSPS) is 10.7. The minimum Gasteiger partial charge on any atom is -0.497 e. The van der Waals surface area contributed by atoms with Crippen LogP contribution in [0.2, 0.25) is 0 Å². The highest BCUT2D eigenvalue weighted by Gasteiger charge is 2.07. The molecule has 8 nitrogen and oxygen atoms in total. The lowest BCUT2D eigenvalue weighted by Gasteiger charge is -2.04. The van der Waals surface area contributed by atoms with E-state index < -0.39 is 0 Å². The summed E-state index contributed by atoms with van der Waals surface area (Å²) in [5.74, 6) is 1.41. The molecule has 2 rings (SSSR count). The Kier molecular flexibility index (Phi) is 4.56. The maximum absolute atomic E-state index is 5.25. The average Bonchev–Trinajstić information content (AvgIpc) is 2.92. The molecular weight excluding hydrogens is 278 g/mol. The van der Waals surface area contributed by atoms with Crippen LogP contribution in [0.15, 0.2) is 29.4 Å². The smallest absolute Gasteiger partial charge is 0.184 e. The SMILES string of the molecule is COc1ccc(-n2nnnc2CC=NNC(N)=S)cc1. The largest absolute Gasteiger partial charge is 0.497 e. The second kappa shape index (κ2) is 6.57. The Morgan fingerprint density at radius 2 is 2.25 bits per heavy atom. The summed E-state index contributed by atoms with van der Waals surface area (Å²) in [4.78, 5) is 0. The van der Waals surface area contributed by atoms with E-state index in [1.165, 1.54) is 0 Å². The molecule has 9 heteroatoms. The van der Waals surface area contributed by atoms with Gasteiger partial charge in [0.15, 0.2) is 10.9 Å². The Morgan fingerprint density at radius 3 is 2.90 bits per heavy atom. The summed E-state index contributed by atoms with van der Waals surface area (Å²) >= 11 is 4.63. The van der Waals surface area contributed by atoms with E-state index in [9.17, 15) is 0 Å². The van der Waals surface area contributed by atoms with Gasteiger partial charge in [-0.25, -0.2) is 0 Å². The Morgan fingerprint density at radius 1 is 1.50 bits per heavy atom. The summed E-state index contributed by atoms with van der Waals surface area (Å²) in [6.45, 7) is 0. The van der Waals surface area contributed by atoms with Crippen LogP contribution in [0, 0.1) is 0 Å². The van der Waals surface area contributed by atoms with Crippen LogP contribution in [0.5, 0.6) is 5.75 Å². The number of nitrogens with two attached hydrogens (primary N) is 1. The number of ether oxygens (including phenoxy) is 1. The lowest BCUT2D eigenvalue weighted by molar-refractivity contribution is 0.414. The van der Waals surface area contributed by atoms with Crippen molar-refractivity contribution in [3.63, 3.8) is 0 Å². The third-order valence-corrected chi connectivity index (χ3v) is 2.48. The van der Waals surface area contributed by atoms with E-state index in [0.717, 1.165) is 11.4 Å². The van der Waals surface area contributed by atoms with Gasteiger partial charge in [0.1, 0.15) is 5.75 Å². The van der Waals surface area contributed by atoms with Crippen LogP contribution in [0.3, 0.4) is 0 Å². The van der Waals surface area contributed by atoms with Crippen LogP contribution >= 0.6 is 12.2 Å². The third-order valence-electron chi connectivity index (χ3n) is 2.39. The molecule has 1 aromatic heterocycles. The zero-order chi connectivity index (χ0) is 14.4. The summed E-state index contributed by atoms with van der Waals surface area (Å²) in [7, 11) is 1.61. The third kappa shape index (κ3) is 3.48. The summed E-state index contributed by atoms with van der Waals surface area (Å²) in [6, 6.07) is 7.40. The first-order chi connectivity index (χ1) is 9.70. The van der Waals surface area contributed by atoms with Gasteiger partial charge in [-0.3, -0.25) is 5.43 Å². The molecular formula is C11H13N7OS. The molecule has 0 saturated heterocycles. The summed E-state index contributed by atoms with van der Waals surface area (Å²) < 4.78 is 6.72. The van der Waals surface area contributed by atoms with Crippen LogP contribution in [0.4, 0.5) is 0 Å². The van der Waals surface area contributed by atoms with Gasteiger partial charge < -0.3 is 10.5 Å². The maximum atomic E-state index is 5.25. The quantitative estimate of drug-likeness (QED) is 0.455. The number of methoxy groups -OCH3 is 1. The average molecular weight is 291 g/mol. The topological polar surface area (TPSA) is 103 Å². The molecule has 1 heterocycles. The van der Waals surface area contributed by atoms with Gasteiger partial charge in [0.25, 0.3) is 0 Å². The van der Waals surface area contributed by atoms with Crippen molar-refractivity contribution in [3.8, 4) is 11.4 Å². The number of hydrogen-bond acceptors (Lipinski definition) is 6. The van der Waals surface area contributed by atoms with Crippen LogP contribution in [-0.4, -0.2) is 38.6 Å². The fourth-order valence-electron chi connectivity index (χ4n) is 1.49. The molecule has 0 aliphatic carbocycles. The first kappa shape index (κ1) is 13.9. The zero-order valence-corrected chi connectivity index (χ0v) is 11.5. The molecule has 3 N–H and O–H groups in total. The second-order valence-corrected chi connectivity index (χ2v) is 4.14. The molecule has 0 unspecified atom stereocenters. The predicted octanol–water partition coefficient (Wildman–Crippen LogP) is 0.0324. The summed E-state index contributed by atoms with van der Waals surface area (Å²) in [5, 5.41) is 15.5. The first-order valence-corrected chi connectivity index (χ1v) is 6.10. The number of hydrazone groups is 1. The Hall–Kier alpha value is -2.55. The van der Waals surface area contributed by atoms with Crippen molar-refractivity contribution >= 4 is 23.5 Å². The summed E-state index contributed by atoms with van der Waals surface area (Å²) in [6.07, 6.45) is 2.03. The molecule has 0 radical (unpaired) electrons. The van der Waals surface area contributed by atoms with Crippen LogP contribution < -0.4 is 15.9 Å². The van der Waals surface area contributed by atoms with E-state index in [1.807, 2.05) is 24.3 Å². The lowest BCUT2D eigenvalue weighted by atomic mass is 10.3. The second-order valence-electron chi connectivity index (χ2n) is 3.70. The molecule has 2 aromatic rings. The zero-order valence-electron chi connectivity index (χ0n) is 10.7. The first-order valence-electron chi connectivity index (χ1n) is 5.69. The van der Waals surface area contributed by atoms with E-state index in [0.29, 0.717) is 12.2 Å². The fraction of sp³-hybridized carbons (Fsp3) is 0.182. The molecule has 104 valence electrons. The molecule has 0 aliphatic heterocycles. The number of aromatic nitrogens is 4. The van der Waals surface area contributed by atoms with Crippen LogP contribution in [0.25, 0.3) is 5.69 Å². The molecule has 0 fully saturated rings. The molecule has 0 atom stereocenters. The monoisotopic (exact) mass is 291 g/mol. The Balaban J connectivity index is 2.11. The van der Waals surface area contributed by atoms with Gasteiger partial charge in [-0.15, -0.1) is 5.10 Å². The number of nitrogens with one attached hydrogen (secondary N) is 1. The number of thiocarbonyl (C=S) groups is 1. The predicted molar refractivity (Wildman–Crippen MR) is 77.8 cm³/mol. The van der Waals surface area contributed by atoms with Crippen molar-refractivity contribution in [2.75, 3.05) is 7.11 Å². The Bertz CT molecular complexity index is 607. The molecule has 0 spiro atoms. The van der Waals surface area contributed by atoms with E-state index in [-0.39, 0.29) is 5.11 Å². The highest BCUT2D eigenvalue weighted by Crippen LogP contribution is 2.14. The number of rotatable bonds is 5. The van der Waals surface area contributed by atoms with Gasteiger partial charge in [0, 0.05) is 12.6 Å². The van der Waals surface area contributed by atoms with Gasteiger partial charge in [-0.2, -0.15) is 9.78 Å². The Labute approximate surface area is 120 Å². The van der Waals surface area contributed by atoms with Gasteiger partial charge in [0.2, 0.25) is 0 Å². The number of tetrazole rings is 1. The van der Waals surface area contributed by atoms with Crippen LogP contribution in [0.1, 0.15) is 5.82 Å². The van der Waals surface area contributed by atoms with Crippen molar-refractivity contribution < 1.29 is 4.74 Å².